The fraction of sp³-hybridized carbons (Fsp3) is 1.00. The lowest BCUT2D eigenvalue weighted by Crippen LogP contribution is -2.42. The zero-order valence-electron chi connectivity index (χ0n) is 12.2. The SMILES string of the molecule is CCC(CC1CC1)NC1CCC2(CCCC2)CC1. The van der Waals surface area contributed by atoms with E-state index in [0.717, 1.165) is 23.4 Å². The molecule has 18 heavy (non-hydrogen) atoms. The zero-order valence-corrected chi connectivity index (χ0v) is 12.2. The van der Waals surface area contributed by atoms with Crippen molar-refractivity contribution in [2.45, 2.75) is 96.1 Å². The summed E-state index contributed by atoms with van der Waals surface area (Å²) < 4.78 is 0. The molecule has 3 aliphatic rings. The first-order valence-corrected chi connectivity index (χ1v) is 8.56. The van der Waals surface area contributed by atoms with Crippen molar-refractivity contribution in [1.82, 2.24) is 5.32 Å². The molecule has 1 atom stereocenters. The molecule has 3 aliphatic carbocycles. The second kappa shape index (κ2) is 5.53. The molecule has 3 rings (SSSR count). The molecule has 0 bridgehead atoms. The molecule has 0 aromatic heterocycles. The van der Waals surface area contributed by atoms with Crippen LogP contribution in [0.15, 0.2) is 0 Å². The van der Waals surface area contributed by atoms with E-state index < -0.39 is 0 Å². The van der Waals surface area contributed by atoms with Gasteiger partial charge in [0.05, 0.1) is 0 Å². The van der Waals surface area contributed by atoms with Crippen molar-refractivity contribution in [2.75, 3.05) is 0 Å². The van der Waals surface area contributed by atoms with Gasteiger partial charge in [0.25, 0.3) is 0 Å². The van der Waals surface area contributed by atoms with E-state index in [1.165, 1.54) is 64.2 Å². The molecule has 0 radical (unpaired) electrons. The van der Waals surface area contributed by atoms with Crippen molar-refractivity contribution >= 4 is 0 Å². The maximum atomic E-state index is 3.98. The Balaban J connectivity index is 1.43. The summed E-state index contributed by atoms with van der Waals surface area (Å²) in [6.45, 7) is 2.36. The first-order chi connectivity index (χ1) is 8.80. The van der Waals surface area contributed by atoms with Crippen molar-refractivity contribution in [1.29, 1.82) is 0 Å². The molecule has 3 fully saturated rings. The molecule has 1 heteroatoms. The van der Waals surface area contributed by atoms with Crippen LogP contribution in [0, 0.1) is 11.3 Å². The number of rotatable bonds is 5. The third kappa shape index (κ3) is 3.10. The Morgan fingerprint density at radius 1 is 1.00 bits per heavy atom. The highest BCUT2D eigenvalue weighted by Crippen LogP contribution is 2.49. The van der Waals surface area contributed by atoms with Gasteiger partial charge in [-0.1, -0.05) is 32.6 Å². The monoisotopic (exact) mass is 249 g/mol. The number of nitrogens with one attached hydrogen (secondary N) is 1. The molecule has 0 aliphatic heterocycles. The van der Waals surface area contributed by atoms with E-state index in [1.54, 1.807) is 12.8 Å². The van der Waals surface area contributed by atoms with Crippen molar-refractivity contribution in [3.05, 3.63) is 0 Å². The molecular formula is C17H31N. The van der Waals surface area contributed by atoms with Crippen molar-refractivity contribution in [3.63, 3.8) is 0 Å². The highest BCUT2D eigenvalue weighted by Gasteiger charge is 2.37. The Morgan fingerprint density at radius 3 is 2.22 bits per heavy atom. The molecule has 104 valence electrons. The minimum Gasteiger partial charge on any atom is -0.311 e. The maximum absolute atomic E-state index is 3.98. The van der Waals surface area contributed by atoms with Gasteiger partial charge in [-0.15, -0.1) is 0 Å². The fourth-order valence-electron chi connectivity index (χ4n) is 4.46. The van der Waals surface area contributed by atoms with Crippen molar-refractivity contribution < 1.29 is 0 Å². The molecular weight excluding hydrogens is 218 g/mol. The maximum Gasteiger partial charge on any atom is 0.00700 e. The van der Waals surface area contributed by atoms with Crippen LogP contribution >= 0.6 is 0 Å². The zero-order chi connectivity index (χ0) is 12.4. The average molecular weight is 249 g/mol. The van der Waals surface area contributed by atoms with Gasteiger partial charge in [-0.3, -0.25) is 0 Å². The number of hydrogen-bond acceptors (Lipinski definition) is 1. The highest BCUT2D eigenvalue weighted by atomic mass is 15.0. The third-order valence-electron chi connectivity index (χ3n) is 5.99. The quantitative estimate of drug-likeness (QED) is 0.747. The summed E-state index contributed by atoms with van der Waals surface area (Å²) in [7, 11) is 0. The molecule has 1 N–H and O–H groups in total. The largest absolute Gasteiger partial charge is 0.311 e. The lowest BCUT2D eigenvalue weighted by molar-refractivity contribution is 0.160. The number of hydrogen-bond donors (Lipinski definition) is 1. The molecule has 1 spiro atoms. The van der Waals surface area contributed by atoms with Crippen LogP contribution < -0.4 is 5.32 Å². The van der Waals surface area contributed by atoms with Gasteiger partial charge in [0.1, 0.15) is 0 Å². The summed E-state index contributed by atoms with van der Waals surface area (Å²) in [5, 5.41) is 3.98. The van der Waals surface area contributed by atoms with Crippen molar-refractivity contribution in [2.24, 2.45) is 11.3 Å². The second-order valence-electron chi connectivity index (χ2n) is 7.43. The van der Waals surface area contributed by atoms with E-state index in [4.69, 9.17) is 0 Å². The molecule has 3 saturated carbocycles. The Bertz CT molecular complexity index is 253. The van der Waals surface area contributed by atoms with Crippen LogP contribution in [0.4, 0.5) is 0 Å². The normalized spacial score (nSPS) is 29.8. The summed E-state index contributed by atoms with van der Waals surface area (Å²) >= 11 is 0. The second-order valence-corrected chi connectivity index (χ2v) is 7.43. The van der Waals surface area contributed by atoms with E-state index in [-0.39, 0.29) is 0 Å². The summed E-state index contributed by atoms with van der Waals surface area (Å²) in [4.78, 5) is 0. The van der Waals surface area contributed by atoms with E-state index >= 15 is 0 Å². The Kier molecular flexibility index (Phi) is 3.98. The van der Waals surface area contributed by atoms with Gasteiger partial charge in [-0.25, -0.2) is 0 Å². The van der Waals surface area contributed by atoms with Crippen LogP contribution in [0.3, 0.4) is 0 Å². The Labute approximate surface area is 113 Å². The molecule has 0 saturated heterocycles. The lowest BCUT2D eigenvalue weighted by atomic mass is 9.71. The van der Waals surface area contributed by atoms with Gasteiger partial charge in [0.15, 0.2) is 0 Å². The summed E-state index contributed by atoms with van der Waals surface area (Å²) in [5.74, 6) is 1.08. The minimum atomic E-state index is 0.802. The van der Waals surface area contributed by atoms with Gasteiger partial charge in [0, 0.05) is 12.1 Å². The van der Waals surface area contributed by atoms with Crippen LogP contribution in [-0.2, 0) is 0 Å². The predicted molar refractivity (Wildman–Crippen MR) is 77.7 cm³/mol. The van der Waals surface area contributed by atoms with Gasteiger partial charge < -0.3 is 5.32 Å². The van der Waals surface area contributed by atoms with Crippen LogP contribution in [0.2, 0.25) is 0 Å². The molecule has 0 amide bonds. The highest BCUT2D eigenvalue weighted by molar-refractivity contribution is 4.92. The van der Waals surface area contributed by atoms with Crippen LogP contribution in [0.25, 0.3) is 0 Å². The summed E-state index contributed by atoms with van der Waals surface area (Å²) in [6, 6.07) is 1.67. The van der Waals surface area contributed by atoms with Gasteiger partial charge >= 0.3 is 0 Å². The van der Waals surface area contributed by atoms with E-state index in [9.17, 15) is 0 Å². The molecule has 0 heterocycles. The van der Waals surface area contributed by atoms with Crippen LogP contribution in [-0.4, -0.2) is 12.1 Å². The lowest BCUT2D eigenvalue weighted by Gasteiger charge is -2.39. The molecule has 0 aromatic carbocycles. The first kappa shape index (κ1) is 13.0. The van der Waals surface area contributed by atoms with E-state index in [1.807, 2.05) is 0 Å². The smallest absolute Gasteiger partial charge is 0.00700 e. The summed E-state index contributed by atoms with van der Waals surface area (Å²) in [5.41, 5.74) is 0.802. The Hall–Kier alpha value is -0.0400. The standard InChI is InChI=1S/C17H31N/c1-2-15(13-14-5-6-14)18-16-7-11-17(12-8-16)9-3-4-10-17/h14-16,18H,2-13H2,1H3. The average Bonchev–Trinajstić information content (AvgIpc) is 3.10. The Morgan fingerprint density at radius 2 is 1.67 bits per heavy atom. The predicted octanol–water partition coefficient (Wildman–Crippen LogP) is 4.66. The first-order valence-electron chi connectivity index (χ1n) is 8.56. The fourth-order valence-corrected chi connectivity index (χ4v) is 4.46. The summed E-state index contributed by atoms with van der Waals surface area (Å²) in [6.07, 6.45) is 17.9. The van der Waals surface area contributed by atoms with E-state index in [2.05, 4.69) is 12.2 Å². The van der Waals surface area contributed by atoms with Gasteiger partial charge in [-0.2, -0.15) is 0 Å². The van der Waals surface area contributed by atoms with Gasteiger partial charge in [0.2, 0.25) is 0 Å². The third-order valence-corrected chi connectivity index (χ3v) is 5.99. The van der Waals surface area contributed by atoms with Crippen LogP contribution in [0.5, 0.6) is 0 Å². The molecule has 1 nitrogen and oxygen atoms in total. The van der Waals surface area contributed by atoms with Crippen LogP contribution in [0.1, 0.15) is 84.0 Å². The molecule has 1 unspecified atom stereocenters. The van der Waals surface area contributed by atoms with E-state index in [0.29, 0.717) is 0 Å². The molecule has 0 aromatic rings. The van der Waals surface area contributed by atoms with Gasteiger partial charge in [-0.05, 0) is 62.7 Å². The minimum absolute atomic E-state index is 0.802. The van der Waals surface area contributed by atoms with Crippen molar-refractivity contribution in [3.8, 4) is 0 Å². The topological polar surface area (TPSA) is 12.0 Å².